The Morgan fingerprint density at radius 3 is 2.23 bits per heavy atom. The van der Waals surface area contributed by atoms with Gasteiger partial charge in [0.25, 0.3) is 0 Å². The Kier molecular flexibility index (Phi) is 8.88. The van der Waals surface area contributed by atoms with Gasteiger partial charge < -0.3 is 9.80 Å². The number of piperidine rings is 1. The minimum atomic E-state index is -3.53. The highest BCUT2D eigenvalue weighted by Crippen LogP contribution is 2.53. The summed E-state index contributed by atoms with van der Waals surface area (Å²) in [6, 6.07) is 24.1. The SMILES string of the molecule is CCC[C@H]1CCC[C@@H]1C(C#N)(c1ccccc1)C1CCN(CC2CN(c3ccc(S(=O)(=O)c4ccncc4)cc3)C2)CC1. The van der Waals surface area contributed by atoms with Crippen LogP contribution in [-0.4, -0.2) is 51.0 Å². The fourth-order valence-electron chi connectivity index (χ4n) is 8.38. The van der Waals surface area contributed by atoms with Crippen molar-refractivity contribution in [1.82, 2.24) is 9.88 Å². The van der Waals surface area contributed by atoms with Gasteiger partial charge in [0.15, 0.2) is 0 Å². The van der Waals surface area contributed by atoms with Gasteiger partial charge in [0.2, 0.25) is 9.84 Å². The molecule has 1 saturated carbocycles. The van der Waals surface area contributed by atoms with Gasteiger partial charge in [-0.05, 0) is 92.1 Å². The summed E-state index contributed by atoms with van der Waals surface area (Å²) in [5.74, 6) is 2.13. The first-order valence-electron chi connectivity index (χ1n) is 16.1. The lowest BCUT2D eigenvalue weighted by atomic mass is 9.58. The number of sulfone groups is 1. The molecule has 1 aliphatic carbocycles. The molecular formula is C36H44N4O2S. The van der Waals surface area contributed by atoms with Crippen molar-refractivity contribution in [3.8, 4) is 6.07 Å². The summed E-state index contributed by atoms with van der Waals surface area (Å²) in [5.41, 5.74) is 1.94. The molecule has 7 heteroatoms. The number of nitriles is 1. The topological polar surface area (TPSA) is 77.3 Å². The Morgan fingerprint density at radius 1 is 0.907 bits per heavy atom. The Hall–Kier alpha value is -3.21. The minimum absolute atomic E-state index is 0.267. The molecule has 0 radical (unpaired) electrons. The standard InChI is InChI=1S/C36H44N4O2S/c1-2-7-29-8-6-11-35(29)36(27-37,30-9-4-3-5-10-30)31-18-22-39(23-19-31)24-28-25-40(26-28)32-12-14-33(15-13-32)43(41,42)34-16-20-38-21-17-34/h3-5,9-10,12-17,20-21,28-29,31,35H,2,6-8,11,18-19,22-26H2,1H3/t29-,35-,36?/m0/s1. The summed E-state index contributed by atoms with van der Waals surface area (Å²) in [4.78, 5) is 9.46. The predicted octanol–water partition coefficient (Wildman–Crippen LogP) is 6.74. The van der Waals surface area contributed by atoms with Gasteiger partial charge >= 0.3 is 0 Å². The molecule has 1 unspecified atom stereocenters. The predicted molar refractivity (Wildman–Crippen MR) is 170 cm³/mol. The van der Waals surface area contributed by atoms with Crippen LogP contribution in [-0.2, 0) is 15.3 Å². The number of rotatable bonds is 10. The van der Waals surface area contributed by atoms with Gasteiger partial charge in [0, 0.05) is 43.6 Å². The van der Waals surface area contributed by atoms with Crippen LogP contribution in [0.2, 0.25) is 0 Å². The van der Waals surface area contributed by atoms with E-state index in [-0.39, 0.29) is 10.3 Å². The number of hydrogen-bond donors (Lipinski definition) is 0. The monoisotopic (exact) mass is 596 g/mol. The van der Waals surface area contributed by atoms with E-state index in [1.54, 1.807) is 12.1 Å². The third kappa shape index (κ3) is 5.84. The smallest absolute Gasteiger partial charge is 0.206 e. The van der Waals surface area contributed by atoms with Crippen molar-refractivity contribution in [3.63, 3.8) is 0 Å². The van der Waals surface area contributed by atoms with E-state index in [0.29, 0.717) is 28.6 Å². The molecule has 0 amide bonds. The van der Waals surface area contributed by atoms with Gasteiger partial charge in [-0.3, -0.25) is 4.98 Å². The number of hydrogen-bond acceptors (Lipinski definition) is 6. The molecule has 0 N–H and O–H groups in total. The molecule has 226 valence electrons. The molecule has 6 rings (SSSR count). The van der Waals surface area contributed by atoms with E-state index in [2.05, 4.69) is 58.1 Å². The summed E-state index contributed by atoms with van der Waals surface area (Å²) in [5, 5.41) is 10.9. The number of benzene rings is 2. The van der Waals surface area contributed by atoms with E-state index in [1.165, 1.54) is 62.2 Å². The van der Waals surface area contributed by atoms with Crippen molar-refractivity contribution in [2.45, 2.75) is 67.1 Å². The van der Waals surface area contributed by atoms with Crippen LogP contribution < -0.4 is 4.90 Å². The van der Waals surface area contributed by atoms with E-state index in [4.69, 9.17) is 0 Å². The van der Waals surface area contributed by atoms with Crippen LogP contribution in [0.4, 0.5) is 5.69 Å². The van der Waals surface area contributed by atoms with Crippen molar-refractivity contribution in [2.75, 3.05) is 37.6 Å². The first-order valence-corrected chi connectivity index (χ1v) is 17.6. The van der Waals surface area contributed by atoms with Crippen molar-refractivity contribution in [1.29, 1.82) is 5.26 Å². The normalized spacial score (nSPS) is 23.4. The van der Waals surface area contributed by atoms with E-state index in [0.717, 1.165) is 51.3 Å². The molecule has 2 aromatic carbocycles. The summed E-state index contributed by atoms with van der Waals surface area (Å²) >= 11 is 0. The number of pyridine rings is 1. The van der Waals surface area contributed by atoms with Crippen LogP contribution in [0.1, 0.15) is 57.4 Å². The lowest BCUT2D eigenvalue weighted by Crippen LogP contribution is -2.54. The van der Waals surface area contributed by atoms with Crippen LogP contribution >= 0.6 is 0 Å². The molecule has 3 fully saturated rings. The zero-order valence-corrected chi connectivity index (χ0v) is 26.1. The summed E-state index contributed by atoms with van der Waals surface area (Å²) < 4.78 is 25.8. The average molecular weight is 597 g/mol. The van der Waals surface area contributed by atoms with E-state index in [9.17, 15) is 13.7 Å². The molecule has 3 heterocycles. The number of anilines is 1. The second kappa shape index (κ2) is 12.8. The average Bonchev–Trinajstić information content (AvgIpc) is 3.50. The largest absolute Gasteiger partial charge is 0.371 e. The van der Waals surface area contributed by atoms with E-state index in [1.807, 2.05) is 12.1 Å². The van der Waals surface area contributed by atoms with Crippen LogP contribution in [0.25, 0.3) is 0 Å². The van der Waals surface area contributed by atoms with Crippen molar-refractivity contribution in [2.24, 2.45) is 23.7 Å². The van der Waals surface area contributed by atoms with Crippen LogP contribution in [0.5, 0.6) is 0 Å². The van der Waals surface area contributed by atoms with Crippen molar-refractivity contribution >= 4 is 15.5 Å². The number of likely N-dealkylation sites (tertiary alicyclic amines) is 1. The molecule has 3 atom stereocenters. The molecule has 0 bridgehead atoms. The van der Waals surface area contributed by atoms with Gasteiger partial charge in [0.05, 0.1) is 21.3 Å². The van der Waals surface area contributed by atoms with Crippen molar-refractivity contribution < 1.29 is 8.42 Å². The molecule has 6 nitrogen and oxygen atoms in total. The van der Waals surface area contributed by atoms with Gasteiger partial charge in [-0.2, -0.15) is 5.26 Å². The zero-order chi connectivity index (χ0) is 29.9. The molecule has 0 spiro atoms. The lowest BCUT2D eigenvalue weighted by molar-refractivity contribution is 0.0893. The fourth-order valence-corrected chi connectivity index (χ4v) is 9.63. The van der Waals surface area contributed by atoms with E-state index < -0.39 is 9.84 Å². The zero-order valence-electron chi connectivity index (χ0n) is 25.3. The lowest BCUT2D eigenvalue weighted by Gasteiger charge is -2.48. The maximum Gasteiger partial charge on any atom is 0.206 e. The highest BCUT2D eigenvalue weighted by molar-refractivity contribution is 7.91. The first kappa shape index (κ1) is 29.8. The quantitative estimate of drug-likeness (QED) is 0.258. The molecular weight excluding hydrogens is 552 g/mol. The molecule has 1 aromatic heterocycles. The van der Waals surface area contributed by atoms with Crippen LogP contribution in [0.3, 0.4) is 0 Å². The third-order valence-electron chi connectivity index (χ3n) is 10.5. The molecule has 3 aromatic rings. The second-order valence-electron chi connectivity index (χ2n) is 13.0. The van der Waals surface area contributed by atoms with Crippen LogP contribution in [0.15, 0.2) is 88.9 Å². The van der Waals surface area contributed by atoms with Gasteiger partial charge in [0.1, 0.15) is 0 Å². The van der Waals surface area contributed by atoms with Gasteiger partial charge in [-0.1, -0.05) is 62.9 Å². The number of aromatic nitrogens is 1. The Bertz CT molecular complexity index is 1490. The third-order valence-corrected chi connectivity index (χ3v) is 12.3. The Balaban J connectivity index is 1.06. The van der Waals surface area contributed by atoms with Crippen LogP contribution in [0, 0.1) is 35.0 Å². The second-order valence-corrected chi connectivity index (χ2v) is 14.9. The maximum atomic E-state index is 12.9. The maximum absolute atomic E-state index is 12.9. The Morgan fingerprint density at radius 2 is 1.58 bits per heavy atom. The van der Waals surface area contributed by atoms with Gasteiger partial charge in [-0.15, -0.1) is 0 Å². The molecule has 2 saturated heterocycles. The minimum Gasteiger partial charge on any atom is -0.371 e. The van der Waals surface area contributed by atoms with Gasteiger partial charge in [-0.25, -0.2) is 8.42 Å². The summed E-state index contributed by atoms with van der Waals surface area (Å²) in [6.45, 7) is 7.47. The fraction of sp³-hybridized carbons (Fsp3) is 0.500. The summed E-state index contributed by atoms with van der Waals surface area (Å²) in [7, 11) is -3.53. The highest BCUT2D eigenvalue weighted by Gasteiger charge is 2.51. The summed E-state index contributed by atoms with van der Waals surface area (Å²) in [6.07, 6.45) is 11.3. The number of nitrogens with zero attached hydrogens (tertiary/aromatic N) is 4. The Labute approximate surface area is 257 Å². The van der Waals surface area contributed by atoms with E-state index >= 15 is 0 Å². The molecule has 2 aliphatic heterocycles. The van der Waals surface area contributed by atoms with Crippen molar-refractivity contribution in [3.05, 3.63) is 84.7 Å². The first-order chi connectivity index (χ1) is 21.0. The molecule has 3 aliphatic rings. The highest BCUT2D eigenvalue weighted by atomic mass is 32.2. The molecule has 43 heavy (non-hydrogen) atoms.